The van der Waals surface area contributed by atoms with Crippen LogP contribution in [-0.2, 0) is 4.79 Å². The van der Waals surface area contributed by atoms with Crippen LogP contribution in [0.4, 0.5) is 5.69 Å². The summed E-state index contributed by atoms with van der Waals surface area (Å²) >= 11 is 2.26. The number of halogens is 1. The first-order chi connectivity index (χ1) is 9.51. The molecule has 1 aliphatic rings. The lowest BCUT2D eigenvalue weighted by molar-refractivity contribution is -0.117. The van der Waals surface area contributed by atoms with Crippen LogP contribution < -0.4 is 5.32 Å². The van der Waals surface area contributed by atoms with E-state index < -0.39 is 0 Å². The van der Waals surface area contributed by atoms with Crippen LogP contribution >= 0.6 is 22.6 Å². The van der Waals surface area contributed by atoms with E-state index in [9.17, 15) is 9.90 Å². The lowest BCUT2D eigenvalue weighted by Gasteiger charge is -2.24. The van der Waals surface area contributed by atoms with Crippen molar-refractivity contribution in [3.8, 4) is 0 Å². The van der Waals surface area contributed by atoms with Crippen molar-refractivity contribution in [3.63, 3.8) is 0 Å². The monoisotopic (exact) mass is 388 g/mol. The fourth-order valence-electron chi connectivity index (χ4n) is 2.72. The van der Waals surface area contributed by atoms with Gasteiger partial charge < -0.3 is 10.4 Å². The highest BCUT2D eigenvalue weighted by atomic mass is 127. The Morgan fingerprint density at radius 1 is 1.55 bits per heavy atom. The number of hydrogen-bond donors (Lipinski definition) is 2. The molecule has 0 saturated carbocycles. The van der Waals surface area contributed by atoms with Crippen molar-refractivity contribution < 1.29 is 9.90 Å². The molecule has 1 heterocycles. The molecule has 1 aliphatic heterocycles. The van der Waals surface area contributed by atoms with Gasteiger partial charge in [0.25, 0.3) is 0 Å². The van der Waals surface area contributed by atoms with E-state index in [1.165, 1.54) is 0 Å². The maximum atomic E-state index is 12.1. The minimum Gasteiger partial charge on any atom is -0.395 e. The zero-order chi connectivity index (χ0) is 14.7. The van der Waals surface area contributed by atoms with E-state index in [0.29, 0.717) is 12.5 Å². The van der Waals surface area contributed by atoms with E-state index in [1.807, 2.05) is 25.1 Å². The molecular weight excluding hydrogens is 367 g/mol. The third-order valence-corrected chi connectivity index (χ3v) is 4.66. The Morgan fingerprint density at radius 3 is 2.95 bits per heavy atom. The number of amides is 1. The SMILES string of the molecule is Cc1cc(I)ccc1NC(=O)CN1CCC(C)C1CO. The summed E-state index contributed by atoms with van der Waals surface area (Å²) in [5.41, 5.74) is 1.93. The average molecular weight is 388 g/mol. The predicted molar refractivity (Wildman–Crippen MR) is 88.8 cm³/mol. The van der Waals surface area contributed by atoms with Gasteiger partial charge in [-0.3, -0.25) is 9.69 Å². The second kappa shape index (κ2) is 6.87. The van der Waals surface area contributed by atoms with Crippen LogP contribution in [0.5, 0.6) is 0 Å². The maximum absolute atomic E-state index is 12.1. The summed E-state index contributed by atoms with van der Waals surface area (Å²) < 4.78 is 1.16. The van der Waals surface area contributed by atoms with Crippen molar-refractivity contribution in [2.75, 3.05) is 25.0 Å². The highest BCUT2D eigenvalue weighted by Gasteiger charge is 2.31. The number of aliphatic hydroxyl groups is 1. The van der Waals surface area contributed by atoms with Gasteiger partial charge in [-0.05, 0) is 72.2 Å². The van der Waals surface area contributed by atoms with Crippen molar-refractivity contribution >= 4 is 34.2 Å². The average Bonchev–Trinajstić information content (AvgIpc) is 2.73. The highest BCUT2D eigenvalue weighted by Crippen LogP contribution is 2.23. The molecule has 0 spiro atoms. The Labute approximate surface area is 133 Å². The van der Waals surface area contributed by atoms with Crippen LogP contribution in [0.25, 0.3) is 0 Å². The molecule has 0 aliphatic carbocycles. The van der Waals surface area contributed by atoms with Crippen LogP contribution in [0, 0.1) is 16.4 Å². The van der Waals surface area contributed by atoms with Gasteiger partial charge >= 0.3 is 0 Å². The minimum absolute atomic E-state index is 0.0122. The van der Waals surface area contributed by atoms with Gasteiger partial charge in [-0.25, -0.2) is 0 Å². The summed E-state index contributed by atoms with van der Waals surface area (Å²) in [5, 5.41) is 12.4. The molecule has 2 N–H and O–H groups in total. The molecule has 1 aromatic rings. The fourth-order valence-corrected chi connectivity index (χ4v) is 3.37. The molecule has 1 aromatic carbocycles. The van der Waals surface area contributed by atoms with Crippen LogP contribution in [0.15, 0.2) is 18.2 Å². The molecule has 1 saturated heterocycles. The number of benzene rings is 1. The van der Waals surface area contributed by atoms with Crippen molar-refractivity contribution in [1.29, 1.82) is 0 Å². The first-order valence-corrected chi connectivity index (χ1v) is 8.00. The minimum atomic E-state index is -0.0122. The third-order valence-electron chi connectivity index (χ3n) is 3.99. The Bertz CT molecular complexity index is 493. The third kappa shape index (κ3) is 3.71. The first kappa shape index (κ1) is 15.7. The lowest BCUT2D eigenvalue weighted by atomic mass is 10.0. The number of carbonyl (C=O) groups excluding carboxylic acids is 1. The standard InChI is InChI=1S/C15H21IN2O2/c1-10-5-6-18(14(10)9-19)8-15(20)17-13-4-3-12(16)7-11(13)2/h3-4,7,10,14,19H,5-6,8-9H2,1-2H3,(H,17,20). The number of nitrogens with one attached hydrogen (secondary N) is 1. The molecule has 2 atom stereocenters. The number of anilines is 1. The first-order valence-electron chi connectivity index (χ1n) is 6.92. The molecule has 5 heteroatoms. The van der Waals surface area contributed by atoms with Gasteiger partial charge in [0.15, 0.2) is 0 Å². The van der Waals surface area contributed by atoms with Crippen molar-refractivity contribution in [1.82, 2.24) is 4.90 Å². The molecule has 0 radical (unpaired) electrons. The lowest BCUT2D eigenvalue weighted by Crippen LogP contribution is -2.40. The van der Waals surface area contributed by atoms with Crippen LogP contribution in [0.2, 0.25) is 0 Å². The Balaban J connectivity index is 1.95. The molecular formula is C15H21IN2O2. The molecule has 1 fully saturated rings. The summed E-state index contributed by atoms with van der Waals surface area (Å²) in [4.78, 5) is 14.2. The summed E-state index contributed by atoms with van der Waals surface area (Å²) in [6.07, 6.45) is 1.04. The van der Waals surface area contributed by atoms with Crippen LogP contribution in [0.3, 0.4) is 0 Å². The van der Waals surface area contributed by atoms with E-state index in [1.54, 1.807) is 0 Å². The number of hydrogen-bond acceptors (Lipinski definition) is 3. The smallest absolute Gasteiger partial charge is 0.238 e. The molecule has 2 unspecified atom stereocenters. The summed E-state index contributed by atoms with van der Waals surface area (Å²) in [6.45, 7) is 5.47. The van der Waals surface area contributed by atoms with Gasteiger partial charge in [-0.2, -0.15) is 0 Å². The molecule has 1 amide bonds. The van der Waals surface area contributed by atoms with Gasteiger partial charge in [-0.15, -0.1) is 0 Å². The summed E-state index contributed by atoms with van der Waals surface area (Å²) in [5.74, 6) is 0.440. The molecule has 2 rings (SSSR count). The number of rotatable bonds is 4. The molecule has 20 heavy (non-hydrogen) atoms. The molecule has 4 nitrogen and oxygen atoms in total. The highest BCUT2D eigenvalue weighted by molar-refractivity contribution is 14.1. The predicted octanol–water partition coefficient (Wildman–Crippen LogP) is 2.24. The van der Waals surface area contributed by atoms with Gasteiger partial charge in [0, 0.05) is 15.3 Å². The number of aliphatic hydroxyl groups excluding tert-OH is 1. The van der Waals surface area contributed by atoms with Crippen molar-refractivity contribution in [2.45, 2.75) is 26.3 Å². The summed E-state index contributed by atoms with van der Waals surface area (Å²) in [7, 11) is 0. The molecule has 0 aromatic heterocycles. The molecule has 0 bridgehead atoms. The van der Waals surface area contributed by atoms with E-state index in [4.69, 9.17) is 0 Å². The Hall–Kier alpha value is -0.660. The van der Waals surface area contributed by atoms with Crippen LogP contribution in [-0.4, -0.2) is 41.7 Å². The fraction of sp³-hybridized carbons (Fsp3) is 0.533. The van der Waals surface area contributed by atoms with Gasteiger partial charge in [0.05, 0.1) is 13.2 Å². The van der Waals surface area contributed by atoms with E-state index >= 15 is 0 Å². The maximum Gasteiger partial charge on any atom is 0.238 e. The number of aryl methyl sites for hydroxylation is 1. The summed E-state index contributed by atoms with van der Waals surface area (Å²) in [6, 6.07) is 6.08. The normalized spacial score (nSPS) is 23.0. The van der Waals surface area contributed by atoms with E-state index in [-0.39, 0.29) is 18.6 Å². The van der Waals surface area contributed by atoms with Gasteiger partial charge in [-0.1, -0.05) is 6.92 Å². The largest absolute Gasteiger partial charge is 0.395 e. The topological polar surface area (TPSA) is 52.6 Å². The van der Waals surface area contributed by atoms with Crippen molar-refractivity contribution in [3.05, 3.63) is 27.3 Å². The number of likely N-dealkylation sites (tertiary alicyclic amines) is 1. The number of nitrogens with zero attached hydrogens (tertiary/aromatic N) is 1. The zero-order valence-electron chi connectivity index (χ0n) is 11.9. The van der Waals surface area contributed by atoms with Crippen molar-refractivity contribution in [2.24, 2.45) is 5.92 Å². The Kier molecular flexibility index (Phi) is 5.40. The van der Waals surface area contributed by atoms with Gasteiger partial charge in [0.1, 0.15) is 0 Å². The molecule has 110 valence electrons. The van der Waals surface area contributed by atoms with E-state index in [2.05, 4.69) is 39.7 Å². The van der Waals surface area contributed by atoms with Gasteiger partial charge in [0.2, 0.25) is 5.91 Å². The van der Waals surface area contributed by atoms with Crippen LogP contribution in [0.1, 0.15) is 18.9 Å². The zero-order valence-corrected chi connectivity index (χ0v) is 14.1. The quantitative estimate of drug-likeness (QED) is 0.779. The van der Waals surface area contributed by atoms with E-state index in [0.717, 1.165) is 27.8 Å². The second-order valence-electron chi connectivity index (χ2n) is 5.49. The number of carbonyl (C=O) groups is 1. The second-order valence-corrected chi connectivity index (χ2v) is 6.74. The Morgan fingerprint density at radius 2 is 2.30 bits per heavy atom.